The van der Waals surface area contributed by atoms with Gasteiger partial charge in [-0.15, -0.1) is 0 Å². The molecular weight excluding hydrogens is 437 g/mol. The third-order valence-electron chi connectivity index (χ3n) is 4.04. The minimum absolute atomic E-state index is 0.0595. The van der Waals surface area contributed by atoms with Gasteiger partial charge in [-0.05, 0) is 49.5 Å². The summed E-state index contributed by atoms with van der Waals surface area (Å²) in [6, 6.07) is 9.27. The van der Waals surface area contributed by atoms with Crippen molar-refractivity contribution in [3.8, 4) is 0 Å². The molecule has 0 spiro atoms. The highest BCUT2D eigenvalue weighted by atomic mass is 35.5. The van der Waals surface area contributed by atoms with Gasteiger partial charge in [-0.25, -0.2) is 0 Å². The largest absolute Gasteiger partial charge is 0.417 e. The van der Waals surface area contributed by atoms with E-state index in [0.29, 0.717) is 11.3 Å². The van der Waals surface area contributed by atoms with E-state index in [1.165, 1.54) is 25.1 Å². The van der Waals surface area contributed by atoms with Crippen LogP contribution in [0, 0.1) is 0 Å². The lowest BCUT2D eigenvalue weighted by Gasteiger charge is -2.17. The molecule has 3 N–H and O–H groups in total. The Morgan fingerprint density at radius 1 is 0.935 bits per heavy atom. The second-order valence-corrected chi connectivity index (χ2v) is 7.02. The fourth-order valence-corrected chi connectivity index (χ4v) is 2.84. The zero-order valence-corrected chi connectivity index (χ0v) is 17.4. The van der Waals surface area contributed by atoms with Crippen molar-refractivity contribution in [1.82, 2.24) is 10.2 Å². The lowest BCUT2D eigenvalue weighted by atomic mass is 10.2. The smallest absolute Gasteiger partial charge is 0.355 e. The Morgan fingerprint density at radius 2 is 1.45 bits per heavy atom. The van der Waals surface area contributed by atoms with Gasteiger partial charge in [0, 0.05) is 24.0 Å². The first-order valence-electron chi connectivity index (χ1n) is 8.96. The van der Waals surface area contributed by atoms with E-state index in [1.54, 1.807) is 24.3 Å². The Bertz CT molecular complexity index is 965. The molecule has 0 aliphatic heterocycles. The molecule has 0 bridgehead atoms. The Hall–Kier alpha value is -3.11. The predicted molar refractivity (Wildman–Crippen MR) is 111 cm³/mol. The van der Waals surface area contributed by atoms with E-state index in [-0.39, 0.29) is 24.7 Å². The number of carbonyl (C=O) groups excluding carboxylic acids is 3. The third kappa shape index (κ3) is 7.26. The zero-order valence-electron chi connectivity index (χ0n) is 16.6. The van der Waals surface area contributed by atoms with Crippen LogP contribution < -0.4 is 16.0 Å². The summed E-state index contributed by atoms with van der Waals surface area (Å²) < 4.78 is 38.7. The molecule has 0 unspecified atom stereocenters. The maximum absolute atomic E-state index is 12.9. The fourth-order valence-electron chi connectivity index (χ4n) is 2.62. The maximum Gasteiger partial charge on any atom is 0.417 e. The van der Waals surface area contributed by atoms with Gasteiger partial charge in [0.15, 0.2) is 0 Å². The standard InChI is InChI=1S/C20H20ClF3N4O3/c1-25-19(31)12-3-5-13(6-4-12)26-17(29)10-28(2)11-18(30)27-14-7-8-16(21)15(9-14)20(22,23)24/h3-9H,10-11H2,1-2H3,(H,25,31)(H,26,29)(H,27,30). The number of alkyl halides is 3. The summed E-state index contributed by atoms with van der Waals surface area (Å²) in [4.78, 5) is 37.1. The summed E-state index contributed by atoms with van der Waals surface area (Å²) in [5, 5.41) is 6.99. The Kier molecular flexibility index (Phi) is 8.01. The Morgan fingerprint density at radius 3 is 1.97 bits per heavy atom. The molecule has 0 radical (unpaired) electrons. The van der Waals surface area contributed by atoms with Crippen LogP contribution in [0.15, 0.2) is 42.5 Å². The quantitative estimate of drug-likeness (QED) is 0.596. The number of hydrogen-bond donors (Lipinski definition) is 3. The van der Waals surface area contributed by atoms with Crippen molar-refractivity contribution in [2.45, 2.75) is 6.18 Å². The van der Waals surface area contributed by atoms with Crippen LogP contribution in [0.2, 0.25) is 5.02 Å². The normalized spacial score (nSPS) is 11.2. The van der Waals surface area contributed by atoms with E-state index in [4.69, 9.17) is 11.6 Å². The summed E-state index contributed by atoms with van der Waals surface area (Å²) in [6.07, 6.45) is -4.65. The minimum Gasteiger partial charge on any atom is -0.355 e. The average Bonchev–Trinajstić information content (AvgIpc) is 2.68. The maximum atomic E-state index is 12.9. The number of carbonyl (C=O) groups is 3. The number of likely N-dealkylation sites (N-methyl/N-ethyl adjacent to an activating group) is 1. The van der Waals surface area contributed by atoms with Gasteiger partial charge >= 0.3 is 6.18 Å². The molecule has 0 saturated carbocycles. The molecule has 0 atom stereocenters. The predicted octanol–water partition coefficient (Wildman–Crippen LogP) is 3.23. The highest BCUT2D eigenvalue weighted by molar-refractivity contribution is 6.31. The molecule has 3 amide bonds. The van der Waals surface area contributed by atoms with E-state index in [1.807, 2.05) is 0 Å². The molecule has 2 aromatic carbocycles. The SMILES string of the molecule is CNC(=O)c1ccc(NC(=O)CN(C)CC(=O)Nc2ccc(Cl)c(C(F)(F)F)c2)cc1. The molecule has 7 nitrogen and oxygen atoms in total. The van der Waals surface area contributed by atoms with Crippen LogP contribution in [0.5, 0.6) is 0 Å². The van der Waals surface area contributed by atoms with Crippen molar-refractivity contribution < 1.29 is 27.6 Å². The van der Waals surface area contributed by atoms with E-state index < -0.39 is 28.6 Å². The molecule has 0 fully saturated rings. The van der Waals surface area contributed by atoms with E-state index in [2.05, 4.69) is 16.0 Å². The number of benzene rings is 2. The minimum atomic E-state index is -4.65. The van der Waals surface area contributed by atoms with Crippen molar-refractivity contribution in [2.24, 2.45) is 0 Å². The van der Waals surface area contributed by atoms with Gasteiger partial charge in [-0.3, -0.25) is 19.3 Å². The summed E-state index contributed by atoms with van der Waals surface area (Å²) in [5.74, 6) is -1.26. The molecule has 0 saturated heterocycles. The van der Waals surface area contributed by atoms with Gasteiger partial charge in [0.05, 0.1) is 23.7 Å². The van der Waals surface area contributed by atoms with Crippen LogP contribution in [-0.2, 0) is 15.8 Å². The number of rotatable bonds is 7. The Labute approximate surface area is 181 Å². The summed E-state index contributed by atoms with van der Waals surface area (Å²) in [5.41, 5.74) is -0.209. The van der Waals surface area contributed by atoms with E-state index in [9.17, 15) is 27.6 Å². The second-order valence-electron chi connectivity index (χ2n) is 6.62. The number of halogens is 4. The summed E-state index contributed by atoms with van der Waals surface area (Å²) >= 11 is 5.55. The number of nitrogens with one attached hydrogen (secondary N) is 3. The lowest BCUT2D eigenvalue weighted by molar-refractivity contribution is -0.137. The topological polar surface area (TPSA) is 90.5 Å². The van der Waals surface area contributed by atoms with E-state index >= 15 is 0 Å². The van der Waals surface area contributed by atoms with Crippen LogP contribution in [0.3, 0.4) is 0 Å². The molecule has 0 aliphatic rings. The molecule has 0 aromatic heterocycles. The van der Waals surface area contributed by atoms with Gasteiger partial charge < -0.3 is 16.0 Å². The molecule has 0 heterocycles. The number of amides is 3. The van der Waals surface area contributed by atoms with Crippen molar-refractivity contribution in [3.05, 3.63) is 58.6 Å². The van der Waals surface area contributed by atoms with Gasteiger partial charge in [0.1, 0.15) is 0 Å². The van der Waals surface area contributed by atoms with E-state index in [0.717, 1.165) is 12.1 Å². The number of nitrogens with zero attached hydrogens (tertiary/aromatic N) is 1. The second kappa shape index (κ2) is 10.3. The van der Waals surface area contributed by atoms with Crippen LogP contribution >= 0.6 is 11.6 Å². The highest BCUT2D eigenvalue weighted by Crippen LogP contribution is 2.36. The average molecular weight is 457 g/mol. The number of anilines is 2. The Balaban J connectivity index is 1.88. The van der Waals surface area contributed by atoms with Crippen molar-refractivity contribution >= 4 is 40.7 Å². The molecule has 0 aliphatic carbocycles. The van der Waals surface area contributed by atoms with Gasteiger partial charge in [0.2, 0.25) is 11.8 Å². The first kappa shape index (κ1) is 24.2. The van der Waals surface area contributed by atoms with Crippen LogP contribution in [-0.4, -0.2) is 49.8 Å². The van der Waals surface area contributed by atoms with Gasteiger partial charge in [-0.1, -0.05) is 11.6 Å². The number of hydrogen-bond acceptors (Lipinski definition) is 4. The first-order valence-corrected chi connectivity index (χ1v) is 9.34. The van der Waals surface area contributed by atoms with Crippen LogP contribution in [0.25, 0.3) is 0 Å². The monoisotopic (exact) mass is 456 g/mol. The van der Waals surface area contributed by atoms with Crippen molar-refractivity contribution in [3.63, 3.8) is 0 Å². The fraction of sp³-hybridized carbons (Fsp3) is 0.250. The van der Waals surface area contributed by atoms with Crippen LogP contribution in [0.1, 0.15) is 15.9 Å². The molecule has 2 aromatic rings. The molecule has 11 heteroatoms. The van der Waals surface area contributed by atoms with Crippen molar-refractivity contribution in [2.75, 3.05) is 37.8 Å². The first-order chi connectivity index (χ1) is 14.5. The zero-order chi connectivity index (χ0) is 23.2. The summed E-state index contributed by atoms with van der Waals surface area (Å²) in [6.45, 7) is -0.369. The molecular formula is C20H20ClF3N4O3. The highest BCUT2D eigenvalue weighted by Gasteiger charge is 2.33. The lowest BCUT2D eigenvalue weighted by Crippen LogP contribution is -2.36. The van der Waals surface area contributed by atoms with Gasteiger partial charge in [0.25, 0.3) is 5.91 Å². The molecule has 31 heavy (non-hydrogen) atoms. The van der Waals surface area contributed by atoms with Crippen LogP contribution in [0.4, 0.5) is 24.5 Å². The summed E-state index contributed by atoms with van der Waals surface area (Å²) in [7, 11) is 3.02. The molecule has 166 valence electrons. The van der Waals surface area contributed by atoms with Crippen molar-refractivity contribution in [1.29, 1.82) is 0 Å². The third-order valence-corrected chi connectivity index (χ3v) is 4.37. The van der Waals surface area contributed by atoms with Gasteiger partial charge in [-0.2, -0.15) is 13.2 Å². The molecule has 2 rings (SSSR count).